The first-order chi connectivity index (χ1) is 13.5. The van der Waals surface area contributed by atoms with Crippen LogP contribution in [0.5, 0.6) is 0 Å². The zero-order valence-electron chi connectivity index (χ0n) is 15.8. The lowest BCUT2D eigenvalue weighted by Crippen LogP contribution is -2.71. The second-order valence-corrected chi connectivity index (χ2v) is 8.32. The Morgan fingerprint density at radius 1 is 1.21 bits per heavy atom. The van der Waals surface area contributed by atoms with Gasteiger partial charge >= 0.3 is 0 Å². The van der Waals surface area contributed by atoms with Gasteiger partial charge in [0.05, 0.1) is 24.2 Å². The summed E-state index contributed by atoms with van der Waals surface area (Å²) in [6.45, 7) is 3.80. The summed E-state index contributed by atoms with van der Waals surface area (Å²) in [7, 11) is 0. The smallest absolute Gasteiger partial charge is 0.245 e. The molecule has 1 aliphatic rings. The van der Waals surface area contributed by atoms with E-state index in [-0.39, 0.29) is 11.9 Å². The number of azide groups is 1. The van der Waals surface area contributed by atoms with E-state index in [0.29, 0.717) is 6.42 Å². The van der Waals surface area contributed by atoms with Gasteiger partial charge < -0.3 is 10.0 Å². The van der Waals surface area contributed by atoms with Crippen LogP contribution in [-0.2, 0) is 4.79 Å². The first kappa shape index (κ1) is 20.4. The van der Waals surface area contributed by atoms with Crippen LogP contribution < -0.4 is 0 Å². The van der Waals surface area contributed by atoms with E-state index >= 15 is 0 Å². The number of rotatable bonds is 7. The van der Waals surface area contributed by atoms with Gasteiger partial charge in [0, 0.05) is 4.91 Å². The molecule has 2 aromatic rings. The fourth-order valence-corrected chi connectivity index (χ4v) is 4.90. The van der Waals surface area contributed by atoms with Gasteiger partial charge in [-0.05, 0) is 30.0 Å². The number of carbonyl (C=O) groups excluding carboxylic acids is 1. The molecule has 5 atom stereocenters. The molecule has 1 fully saturated rings. The number of β-lactam (4-membered cyclic amide) rings is 1. The van der Waals surface area contributed by atoms with Crippen molar-refractivity contribution in [2.75, 3.05) is 0 Å². The molecular formula is C21H23BrN4O2. The number of nitrogens with zero attached hydrogens (tertiary/aromatic N) is 4. The first-order valence-corrected chi connectivity index (χ1v) is 10.1. The maximum atomic E-state index is 13.3. The fraction of sp³-hybridized carbons (Fsp3) is 0.381. The third kappa shape index (κ3) is 3.30. The van der Waals surface area contributed by atoms with Crippen LogP contribution in [0.25, 0.3) is 10.4 Å². The van der Waals surface area contributed by atoms with Crippen LogP contribution >= 0.6 is 15.9 Å². The van der Waals surface area contributed by atoms with Crippen molar-refractivity contribution in [3.63, 3.8) is 0 Å². The van der Waals surface area contributed by atoms with Crippen molar-refractivity contribution in [1.29, 1.82) is 0 Å². The largest absolute Gasteiger partial charge is 0.391 e. The maximum absolute atomic E-state index is 13.3. The van der Waals surface area contributed by atoms with E-state index in [9.17, 15) is 9.90 Å². The average molecular weight is 443 g/mol. The van der Waals surface area contributed by atoms with Crippen LogP contribution in [0.4, 0.5) is 0 Å². The molecule has 6 nitrogen and oxygen atoms in total. The minimum atomic E-state index is -1.24. The summed E-state index contributed by atoms with van der Waals surface area (Å²) in [6.07, 6.45) is -0.716. The molecule has 1 amide bonds. The lowest BCUT2D eigenvalue weighted by atomic mass is 9.74. The summed E-state index contributed by atoms with van der Waals surface area (Å²) < 4.78 is -1.24. The lowest BCUT2D eigenvalue weighted by Gasteiger charge is -2.58. The summed E-state index contributed by atoms with van der Waals surface area (Å²) in [5, 5.41) is 14.7. The molecule has 1 N–H and O–H groups in total. The second-order valence-electron chi connectivity index (χ2n) is 7.01. The van der Waals surface area contributed by atoms with Gasteiger partial charge in [0.2, 0.25) is 5.91 Å². The molecule has 0 radical (unpaired) electrons. The summed E-state index contributed by atoms with van der Waals surface area (Å²) >= 11 is 3.57. The molecule has 28 heavy (non-hydrogen) atoms. The molecule has 3 rings (SSSR count). The molecule has 0 bridgehead atoms. The highest BCUT2D eigenvalue weighted by Gasteiger charge is 2.65. The minimum Gasteiger partial charge on any atom is -0.391 e. The number of amides is 1. The van der Waals surface area contributed by atoms with Crippen molar-refractivity contribution >= 4 is 21.8 Å². The highest BCUT2D eigenvalue weighted by molar-refractivity contribution is 9.10. The number of halogens is 1. The van der Waals surface area contributed by atoms with Crippen molar-refractivity contribution in [2.45, 2.75) is 48.8 Å². The predicted molar refractivity (Wildman–Crippen MR) is 112 cm³/mol. The van der Waals surface area contributed by atoms with E-state index in [1.165, 1.54) is 0 Å². The first-order valence-electron chi connectivity index (χ1n) is 9.30. The molecule has 2 aromatic carbocycles. The van der Waals surface area contributed by atoms with E-state index in [4.69, 9.17) is 5.53 Å². The van der Waals surface area contributed by atoms with Crippen LogP contribution in [0, 0.1) is 0 Å². The van der Waals surface area contributed by atoms with Gasteiger partial charge in [0.25, 0.3) is 0 Å². The normalized spacial score (nSPS) is 24.6. The van der Waals surface area contributed by atoms with E-state index in [0.717, 1.165) is 11.1 Å². The van der Waals surface area contributed by atoms with Gasteiger partial charge in [-0.1, -0.05) is 88.6 Å². The maximum Gasteiger partial charge on any atom is 0.245 e. The summed E-state index contributed by atoms with van der Waals surface area (Å²) in [4.78, 5) is 18.0. The van der Waals surface area contributed by atoms with Crippen LogP contribution in [0.1, 0.15) is 43.5 Å². The summed E-state index contributed by atoms with van der Waals surface area (Å²) in [6, 6.07) is 18.2. The topological polar surface area (TPSA) is 89.3 Å². The van der Waals surface area contributed by atoms with Crippen LogP contribution in [-0.4, -0.2) is 32.4 Å². The van der Waals surface area contributed by atoms with Gasteiger partial charge in [0.1, 0.15) is 0 Å². The Labute approximate surface area is 172 Å². The fourth-order valence-electron chi connectivity index (χ4n) is 3.90. The van der Waals surface area contributed by atoms with E-state index in [2.05, 4.69) is 26.0 Å². The van der Waals surface area contributed by atoms with Crippen molar-refractivity contribution in [3.8, 4) is 0 Å². The molecule has 7 heteroatoms. The molecule has 0 aromatic heterocycles. The van der Waals surface area contributed by atoms with Gasteiger partial charge in [-0.25, -0.2) is 0 Å². The number of benzene rings is 2. The van der Waals surface area contributed by atoms with Crippen molar-refractivity contribution in [3.05, 3.63) is 82.2 Å². The number of aliphatic hydroxyl groups is 1. The standard InChI is InChI=1S/C21H23BrN4O2/c1-3-17(24-25-23)19(27)21(22)18(16-12-8-5-9-13-16)26(20(21)28)14(2)15-10-6-4-7-11-15/h4-14,17-19,27H,3H2,1-2H3/t14-,17?,18-,19-,21-/m0/s1. The number of hydrogen-bond acceptors (Lipinski definition) is 3. The molecule has 146 valence electrons. The Hall–Kier alpha value is -2.34. The number of alkyl halides is 1. The van der Waals surface area contributed by atoms with Gasteiger partial charge in [-0.3, -0.25) is 4.79 Å². The molecule has 1 saturated heterocycles. The van der Waals surface area contributed by atoms with Crippen LogP contribution in [0.15, 0.2) is 65.8 Å². The van der Waals surface area contributed by atoms with E-state index in [1.807, 2.05) is 74.5 Å². The monoisotopic (exact) mass is 442 g/mol. The predicted octanol–water partition coefficient (Wildman–Crippen LogP) is 4.91. The minimum absolute atomic E-state index is 0.170. The number of aliphatic hydroxyl groups excluding tert-OH is 1. The van der Waals surface area contributed by atoms with Gasteiger partial charge in [-0.15, -0.1) is 0 Å². The SMILES string of the molecule is CCC(N=[N+]=[N-])[C@H](O)[C@]1(Br)C(=O)N([C@@H](C)c2ccccc2)[C@H]1c1ccccc1. The molecule has 0 saturated carbocycles. The number of carbonyl (C=O) groups is 1. The number of hydrogen-bond donors (Lipinski definition) is 1. The second kappa shape index (κ2) is 8.35. The zero-order chi connectivity index (χ0) is 20.3. The Morgan fingerprint density at radius 3 is 2.32 bits per heavy atom. The van der Waals surface area contributed by atoms with Gasteiger partial charge in [-0.2, -0.15) is 0 Å². The highest BCUT2D eigenvalue weighted by atomic mass is 79.9. The zero-order valence-corrected chi connectivity index (χ0v) is 17.4. The van der Waals surface area contributed by atoms with Gasteiger partial charge in [0.15, 0.2) is 4.32 Å². The summed E-state index contributed by atoms with van der Waals surface area (Å²) in [5.74, 6) is -0.211. The molecule has 1 aliphatic heterocycles. The lowest BCUT2D eigenvalue weighted by molar-refractivity contribution is -0.164. The Morgan fingerprint density at radius 2 is 1.79 bits per heavy atom. The molecule has 0 aliphatic carbocycles. The van der Waals surface area contributed by atoms with Crippen molar-refractivity contribution < 1.29 is 9.90 Å². The average Bonchev–Trinajstić information content (AvgIpc) is 2.75. The molecule has 1 unspecified atom stereocenters. The molecule has 1 heterocycles. The molecular weight excluding hydrogens is 420 g/mol. The summed E-state index contributed by atoms with van der Waals surface area (Å²) in [5.41, 5.74) is 10.8. The Balaban J connectivity index is 2.04. The molecule has 0 spiro atoms. The van der Waals surface area contributed by atoms with Crippen LogP contribution in [0.2, 0.25) is 0 Å². The van der Waals surface area contributed by atoms with Crippen molar-refractivity contribution in [2.24, 2.45) is 5.11 Å². The Kier molecular flexibility index (Phi) is 6.08. The Bertz CT molecular complexity index is 872. The van der Waals surface area contributed by atoms with E-state index < -0.39 is 22.5 Å². The quantitative estimate of drug-likeness (QED) is 0.217. The van der Waals surface area contributed by atoms with E-state index in [1.54, 1.807) is 4.90 Å². The van der Waals surface area contributed by atoms with Crippen LogP contribution in [0.3, 0.4) is 0 Å². The highest BCUT2D eigenvalue weighted by Crippen LogP contribution is 2.55. The van der Waals surface area contributed by atoms with Crippen molar-refractivity contribution in [1.82, 2.24) is 4.90 Å². The number of likely N-dealkylation sites (tertiary alicyclic amines) is 1. The third-order valence-electron chi connectivity index (χ3n) is 5.47. The third-order valence-corrected chi connectivity index (χ3v) is 6.71.